The second-order valence-electron chi connectivity index (χ2n) is 6.80. The van der Waals surface area contributed by atoms with Gasteiger partial charge in [-0.3, -0.25) is 9.69 Å². The van der Waals surface area contributed by atoms with E-state index >= 15 is 0 Å². The number of halogens is 1. The molecular formula is C19H30ClN5O. The summed E-state index contributed by atoms with van der Waals surface area (Å²) in [6, 6.07) is 8.44. The Morgan fingerprint density at radius 1 is 1.27 bits per heavy atom. The highest BCUT2D eigenvalue weighted by Gasteiger charge is 2.20. The summed E-state index contributed by atoms with van der Waals surface area (Å²) < 4.78 is 0. The van der Waals surface area contributed by atoms with E-state index in [1.165, 1.54) is 5.56 Å². The summed E-state index contributed by atoms with van der Waals surface area (Å²) in [4.78, 5) is 20.1. The lowest BCUT2D eigenvalue weighted by molar-refractivity contribution is -0.127. The quantitative estimate of drug-likeness (QED) is 0.586. The van der Waals surface area contributed by atoms with Crippen molar-refractivity contribution in [2.24, 2.45) is 4.99 Å². The molecule has 1 aromatic carbocycles. The lowest BCUT2D eigenvalue weighted by Gasteiger charge is -2.33. The number of hydrogen-bond donors (Lipinski definition) is 2. The number of benzene rings is 1. The summed E-state index contributed by atoms with van der Waals surface area (Å²) >= 11 is 5.95. The van der Waals surface area contributed by atoms with Crippen LogP contribution < -0.4 is 10.6 Å². The third-order valence-electron chi connectivity index (χ3n) is 4.46. The first-order valence-electron chi connectivity index (χ1n) is 9.19. The Hall–Kier alpha value is -1.79. The van der Waals surface area contributed by atoms with Crippen LogP contribution in [0, 0.1) is 0 Å². The van der Waals surface area contributed by atoms with Crippen LogP contribution in [0.25, 0.3) is 0 Å². The highest BCUT2D eigenvalue weighted by molar-refractivity contribution is 6.30. The molecule has 0 aliphatic carbocycles. The van der Waals surface area contributed by atoms with E-state index in [4.69, 9.17) is 11.6 Å². The molecule has 1 saturated heterocycles. The van der Waals surface area contributed by atoms with E-state index in [9.17, 15) is 4.79 Å². The minimum absolute atomic E-state index is 0.0000122. The molecule has 1 heterocycles. The summed E-state index contributed by atoms with van der Waals surface area (Å²) in [6.07, 6.45) is 2.11. The first kappa shape index (κ1) is 20.5. The Morgan fingerprint density at radius 2 is 1.92 bits per heavy atom. The first-order valence-corrected chi connectivity index (χ1v) is 9.57. The Kier molecular flexibility index (Phi) is 8.19. The smallest absolute Gasteiger partial charge is 0.243 e. The molecule has 1 aliphatic rings. The molecule has 2 rings (SSSR count). The number of nitrogens with zero attached hydrogens (tertiary/aromatic N) is 3. The number of hydrogen-bond acceptors (Lipinski definition) is 3. The lowest BCUT2D eigenvalue weighted by Crippen LogP contribution is -2.48. The minimum Gasteiger partial charge on any atom is -0.357 e. The predicted octanol–water partition coefficient (Wildman–Crippen LogP) is 1.95. The minimum atomic E-state index is -0.0000122. The average molecular weight is 380 g/mol. The molecular weight excluding hydrogens is 350 g/mol. The lowest BCUT2D eigenvalue weighted by atomic mass is 10.0. The van der Waals surface area contributed by atoms with Crippen LogP contribution in [0.3, 0.4) is 0 Å². The molecule has 1 aliphatic heterocycles. The van der Waals surface area contributed by atoms with Crippen molar-refractivity contribution in [1.29, 1.82) is 0 Å². The summed E-state index contributed by atoms with van der Waals surface area (Å²) in [6.45, 7) is 6.00. The van der Waals surface area contributed by atoms with Crippen molar-refractivity contribution >= 4 is 23.5 Å². The number of likely N-dealkylation sites (tertiary alicyclic amines) is 1. The number of carbonyl (C=O) groups is 1. The van der Waals surface area contributed by atoms with Gasteiger partial charge in [-0.05, 0) is 37.5 Å². The highest BCUT2D eigenvalue weighted by Crippen LogP contribution is 2.15. The van der Waals surface area contributed by atoms with Crippen molar-refractivity contribution in [2.45, 2.75) is 32.4 Å². The van der Waals surface area contributed by atoms with Gasteiger partial charge in [0.05, 0.1) is 0 Å². The SMILES string of the molecule is CCNC(=NCC(=O)N(C)C)NC1CCN(Cc2ccc(Cl)cc2)CC1. The fraction of sp³-hybridized carbons (Fsp3) is 0.579. The molecule has 0 atom stereocenters. The summed E-state index contributed by atoms with van der Waals surface area (Å²) in [5.41, 5.74) is 1.29. The van der Waals surface area contributed by atoms with Gasteiger partial charge in [0.15, 0.2) is 5.96 Å². The number of aliphatic imine (C=N–C) groups is 1. The van der Waals surface area contributed by atoms with E-state index in [-0.39, 0.29) is 12.5 Å². The maximum Gasteiger partial charge on any atom is 0.243 e. The van der Waals surface area contributed by atoms with Crippen molar-refractivity contribution in [3.05, 3.63) is 34.9 Å². The van der Waals surface area contributed by atoms with Crippen molar-refractivity contribution in [2.75, 3.05) is 40.3 Å². The van der Waals surface area contributed by atoms with Gasteiger partial charge in [-0.2, -0.15) is 0 Å². The van der Waals surface area contributed by atoms with Crippen LogP contribution in [-0.4, -0.2) is 68.0 Å². The second-order valence-corrected chi connectivity index (χ2v) is 7.24. The predicted molar refractivity (Wildman–Crippen MR) is 108 cm³/mol. The number of likely N-dealkylation sites (N-methyl/N-ethyl adjacent to an activating group) is 1. The van der Waals surface area contributed by atoms with E-state index in [0.717, 1.165) is 50.0 Å². The van der Waals surface area contributed by atoms with E-state index in [2.05, 4.69) is 32.7 Å². The molecule has 0 spiro atoms. The van der Waals surface area contributed by atoms with Crippen LogP contribution in [0.2, 0.25) is 5.02 Å². The number of rotatable bonds is 6. The average Bonchev–Trinajstić information content (AvgIpc) is 2.63. The topological polar surface area (TPSA) is 60.0 Å². The molecule has 6 nitrogen and oxygen atoms in total. The van der Waals surface area contributed by atoms with Gasteiger partial charge in [0.25, 0.3) is 0 Å². The molecule has 1 amide bonds. The van der Waals surface area contributed by atoms with Crippen LogP contribution in [-0.2, 0) is 11.3 Å². The number of carbonyl (C=O) groups excluding carboxylic acids is 1. The van der Waals surface area contributed by atoms with Gasteiger partial charge in [-0.15, -0.1) is 0 Å². The number of guanidine groups is 1. The summed E-state index contributed by atoms with van der Waals surface area (Å²) in [5, 5.41) is 7.47. The fourth-order valence-electron chi connectivity index (χ4n) is 2.88. The Morgan fingerprint density at radius 3 is 2.50 bits per heavy atom. The van der Waals surface area contributed by atoms with E-state index in [0.29, 0.717) is 6.04 Å². The monoisotopic (exact) mass is 379 g/mol. The van der Waals surface area contributed by atoms with Gasteiger partial charge in [-0.1, -0.05) is 23.7 Å². The molecule has 1 aromatic rings. The van der Waals surface area contributed by atoms with Gasteiger partial charge >= 0.3 is 0 Å². The molecule has 2 N–H and O–H groups in total. The molecule has 1 fully saturated rings. The Bertz CT molecular complexity index is 594. The van der Waals surface area contributed by atoms with Gasteiger partial charge in [0, 0.05) is 51.3 Å². The third kappa shape index (κ3) is 6.84. The van der Waals surface area contributed by atoms with Gasteiger partial charge in [-0.25, -0.2) is 4.99 Å². The highest BCUT2D eigenvalue weighted by atomic mass is 35.5. The van der Waals surface area contributed by atoms with Crippen molar-refractivity contribution in [3.8, 4) is 0 Å². The van der Waals surface area contributed by atoms with Crippen molar-refractivity contribution in [1.82, 2.24) is 20.4 Å². The van der Waals surface area contributed by atoms with Gasteiger partial charge < -0.3 is 15.5 Å². The van der Waals surface area contributed by atoms with Gasteiger partial charge in [0.2, 0.25) is 5.91 Å². The first-order chi connectivity index (χ1) is 12.5. The molecule has 26 heavy (non-hydrogen) atoms. The second kappa shape index (κ2) is 10.4. The Balaban J connectivity index is 1.80. The molecule has 0 radical (unpaired) electrons. The molecule has 0 unspecified atom stereocenters. The summed E-state index contributed by atoms with van der Waals surface area (Å²) in [7, 11) is 3.49. The zero-order chi connectivity index (χ0) is 18.9. The van der Waals surface area contributed by atoms with Crippen LogP contribution in [0.15, 0.2) is 29.3 Å². The largest absolute Gasteiger partial charge is 0.357 e. The van der Waals surface area contributed by atoms with Crippen LogP contribution in [0.5, 0.6) is 0 Å². The van der Waals surface area contributed by atoms with Crippen molar-refractivity contribution < 1.29 is 4.79 Å². The van der Waals surface area contributed by atoms with Crippen LogP contribution in [0.4, 0.5) is 0 Å². The zero-order valence-electron chi connectivity index (χ0n) is 16.0. The van der Waals surface area contributed by atoms with E-state index in [1.807, 2.05) is 19.1 Å². The molecule has 0 aromatic heterocycles. The van der Waals surface area contributed by atoms with E-state index in [1.54, 1.807) is 19.0 Å². The fourth-order valence-corrected chi connectivity index (χ4v) is 3.01. The molecule has 0 bridgehead atoms. The third-order valence-corrected chi connectivity index (χ3v) is 4.72. The summed E-state index contributed by atoms with van der Waals surface area (Å²) in [5.74, 6) is 0.721. The maximum atomic E-state index is 11.7. The zero-order valence-corrected chi connectivity index (χ0v) is 16.7. The molecule has 144 valence electrons. The maximum absolute atomic E-state index is 11.7. The van der Waals surface area contributed by atoms with Crippen LogP contribution >= 0.6 is 11.6 Å². The number of nitrogens with one attached hydrogen (secondary N) is 2. The Labute approximate surface area is 161 Å². The van der Waals surface area contributed by atoms with Gasteiger partial charge in [0.1, 0.15) is 6.54 Å². The van der Waals surface area contributed by atoms with Crippen molar-refractivity contribution in [3.63, 3.8) is 0 Å². The normalized spacial score (nSPS) is 16.4. The molecule has 0 saturated carbocycles. The molecule has 7 heteroatoms. The van der Waals surface area contributed by atoms with Crippen LogP contribution in [0.1, 0.15) is 25.3 Å². The van der Waals surface area contributed by atoms with E-state index < -0.39 is 0 Å². The standard InChI is InChI=1S/C19H30ClN5O/c1-4-21-19(22-13-18(26)24(2)3)23-17-9-11-25(12-10-17)14-15-5-7-16(20)8-6-15/h5-8,17H,4,9-14H2,1-3H3,(H2,21,22,23). The number of amides is 1. The number of piperidine rings is 1.